The highest BCUT2D eigenvalue weighted by Gasteiger charge is 2.21. The summed E-state index contributed by atoms with van der Waals surface area (Å²) in [6.45, 7) is 6.96. The first-order valence-electron chi connectivity index (χ1n) is 9.23. The number of aromatic amines is 1. The molecule has 1 aliphatic heterocycles. The second-order valence-corrected chi connectivity index (χ2v) is 7.34. The van der Waals surface area contributed by atoms with Gasteiger partial charge in [0.1, 0.15) is 5.82 Å². The molecular weight excluding hydrogens is 340 g/mol. The maximum absolute atomic E-state index is 11.2. The SMILES string of the molecule is CC(C)n1cc(CN2CCc3nc(-c4ccc(C(N)=O)cc4)[nH]c3C2)cn1. The number of hydrogen-bond donors (Lipinski definition) is 2. The number of nitrogens with zero attached hydrogens (tertiary/aromatic N) is 4. The van der Waals surface area contributed by atoms with Crippen molar-refractivity contribution in [2.45, 2.75) is 39.4 Å². The smallest absolute Gasteiger partial charge is 0.248 e. The topological polar surface area (TPSA) is 92.8 Å². The Labute approximate surface area is 158 Å². The number of H-pyrrole nitrogens is 1. The van der Waals surface area contributed by atoms with Crippen LogP contribution in [0.25, 0.3) is 11.4 Å². The molecule has 0 aliphatic carbocycles. The van der Waals surface area contributed by atoms with Gasteiger partial charge in [0, 0.05) is 55.0 Å². The van der Waals surface area contributed by atoms with Gasteiger partial charge in [0.25, 0.3) is 0 Å². The summed E-state index contributed by atoms with van der Waals surface area (Å²) >= 11 is 0. The number of primary amides is 1. The Kier molecular flexibility index (Phi) is 4.53. The van der Waals surface area contributed by atoms with Crippen molar-refractivity contribution in [1.29, 1.82) is 0 Å². The first-order chi connectivity index (χ1) is 13.0. The van der Waals surface area contributed by atoms with Gasteiger partial charge in [0.05, 0.1) is 17.6 Å². The summed E-state index contributed by atoms with van der Waals surface area (Å²) < 4.78 is 1.99. The second kappa shape index (κ2) is 7.00. The van der Waals surface area contributed by atoms with Crippen LogP contribution < -0.4 is 5.73 Å². The zero-order chi connectivity index (χ0) is 19.0. The summed E-state index contributed by atoms with van der Waals surface area (Å²) in [5.41, 5.74) is 10.3. The molecule has 0 saturated carbocycles. The maximum Gasteiger partial charge on any atom is 0.248 e. The average molecular weight is 364 g/mol. The molecule has 1 aliphatic rings. The normalized spacial score (nSPS) is 14.5. The molecule has 0 bridgehead atoms. The molecule has 0 spiro atoms. The van der Waals surface area contributed by atoms with Crippen molar-refractivity contribution in [3.05, 3.63) is 59.2 Å². The van der Waals surface area contributed by atoms with E-state index in [1.165, 1.54) is 5.56 Å². The molecule has 3 heterocycles. The Balaban J connectivity index is 1.47. The van der Waals surface area contributed by atoms with Gasteiger partial charge in [-0.25, -0.2) is 4.98 Å². The molecule has 7 heteroatoms. The number of carbonyl (C=O) groups is 1. The van der Waals surface area contributed by atoms with Gasteiger partial charge < -0.3 is 10.7 Å². The van der Waals surface area contributed by atoms with E-state index in [4.69, 9.17) is 10.7 Å². The van der Waals surface area contributed by atoms with E-state index < -0.39 is 5.91 Å². The molecule has 0 fully saturated rings. The van der Waals surface area contributed by atoms with Crippen LogP contribution in [0.2, 0.25) is 0 Å². The van der Waals surface area contributed by atoms with Crippen LogP contribution in [0.3, 0.4) is 0 Å². The summed E-state index contributed by atoms with van der Waals surface area (Å²) in [5, 5.41) is 4.43. The first-order valence-corrected chi connectivity index (χ1v) is 9.23. The summed E-state index contributed by atoms with van der Waals surface area (Å²) in [4.78, 5) is 21.8. The van der Waals surface area contributed by atoms with Crippen molar-refractivity contribution in [2.24, 2.45) is 5.73 Å². The van der Waals surface area contributed by atoms with Gasteiger partial charge in [-0.3, -0.25) is 14.4 Å². The van der Waals surface area contributed by atoms with E-state index in [0.717, 1.165) is 48.8 Å². The minimum absolute atomic E-state index is 0.378. The minimum Gasteiger partial charge on any atom is -0.366 e. The maximum atomic E-state index is 11.2. The lowest BCUT2D eigenvalue weighted by molar-refractivity contribution is 0.100. The lowest BCUT2D eigenvalue weighted by Crippen LogP contribution is -2.30. The molecule has 0 atom stereocenters. The van der Waals surface area contributed by atoms with Crippen LogP contribution in [0, 0.1) is 0 Å². The van der Waals surface area contributed by atoms with Crippen LogP contribution in [0.4, 0.5) is 0 Å². The highest BCUT2D eigenvalue weighted by Crippen LogP contribution is 2.24. The van der Waals surface area contributed by atoms with E-state index in [-0.39, 0.29) is 0 Å². The van der Waals surface area contributed by atoms with E-state index in [2.05, 4.69) is 35.0 Å². The van der Waals surface area contributed by atoms with E-state index in [1.54, 1.807) is 12.1 Å². The number of nitrogens with two attached hydrogens (primary N) is 1. The van der Waals surface area contributed by atoms with E-state index in [1.807, 2.05) is 23.0 Å². The Hall–Kier alpha value is -2.93. The monoisotopic (exact) mass is 364 g/mol. The van der Waals surface area contributed by atoms with Crippen molar-refractivity contribution < 1.29 is 4.79 Å². The molecular formula is C20H24N6O. The van der Waals surface area contributed by atoms with E-state index >= 15 is 0 Å². The summed E-state index contributed by atoms with van der Waals surface area (Å²) in [5.74, 6) is 0.419. The fourth-order valence-corrected chi connectivity index (χ4v) is 3.41. The number of fused-ring (bicyclic) bond motifs is 1. The number of imidazole rings is 1. The molecule has 1 aromatic carbocycles. The number of nitrogens with one attached hydrogen (secondary N) is 1. The molecule has 0 radical (unpaired) electrons. The van der Waals surface area contributed by atoms with Gasteiger partial charge in [-0.15, -0.1) is 0 Å². The van der Waals surface area contributed by atoms with Crippen LogP contribution in [0.5, 0.6) is 0 Å². The lowest BCUT2D eigenvalue weighted by atomic mass is 10.1. The predicted octanol–water partition coefficient (Wildman–Crippen LogP) is 2.51. The number of rotatable bonds is 5. The fourth-order valence-electron chi connectivity index (χ4n) is 3.41. The number of carbonyl (C=O) groups excluding carboxylic acids is 1. The van der Waals surface area contributed by atoms with Crippen LogP contribution in [0.15, 0.2) is 36.7 Å². The van der Waals surface area contributed by atoms with Crippen molar-refractivity contribution in [3.63, 3.8) is 0 Å². The lowest BCUT2D eigenvalue weighted by Gasteiger charge is -2.25. The fraction of sp³-hybridized carbons (Fsp3) is 0.350. The van der Waals surface area contributed by atoms with Crippen LogP contribution in [0.1, 0.15) is 47.2 Å². The number of aromatic nitrogens is 4. The number of amides is 1. The molecule has 0 unspecified atom stereocenters. The predicted molar refractivity (Wildman–Crippen MR) is 103 cm³/mol. The number of hydrogen-bond acceptors (Lipinski definition) is 4. The largest absolute Gasteiger partial charge is 0.366 e. The van der Waals surface area contributed by atoms with Crippen LogP contribution in [-0.2, 0) is 19.5 Å². The van der Waals surface area contributed by atoms with Crippen molar-refractivity contribution in [3.8, 4) is 11.4 Å². The Morgan fingerprint density at radius 3 is 2.74 bits per heavy atom. The quantitative estimate of drug-likeness (QED) is 0.727. The van der Waals surface area contributed by atoms with Gasteiger partial charge in [0.2, 0.25) is 5.91 Å². The molecule has 3 N–H and O–H groups in total. The number of benzene rings is 1. The molecule has 27 heavy (non-hydrogen) atoms. The average Bonchev–Trinajstić information content (AvgIpc) is 3.28. The third kappa shape index (κ3) is 3.64. The van der Waals surface area contributed by atoms with Crippen molar-refractivity contribution >= 4 is 5.91 Å². The standard InChI is InChI=1S/C20H24N6O/c1-13(2)26-11-14(9-22-26)10-25-8-7-17-18(12-25)24-20(23-17)16-5-3-15(4-6-16)19(21)27/h3-6,9,11,13H,7-8,10,12H2,1-2H3,(H2,21,27)(H,23,24). The van der Waals surface area contributed by atoms with Crippen LogP contribution >= 0.6 is 0 Å². The van der Waals surface area contributed by atoms with Gasteiger partial charge in [0.15, 0.2) is 0 Å². The molecule has 1 amide bonds. The Bertz CT molecular complexity index is 953. The molecule has 7 nitrogen and oxygen atoms in total. The Morgan fingerprint density at radius 1 is 1.30 bits per heavy atom. The molecule has 140 valence electrons. The first kappa shape index (κ1) is 17.5. The molecule has 3 aromatic rings. The van der Waals surface area contributed by atoms with Gasteiger partial charge in [-0.05, 0) is 26.0 Å². The van der Waals surface area contributed by atoms with Gasteiger partial charge in [-0.2, -0.15) is 5.10 Å². The van der Waals surface area contributed by atoms with Crippen molar-refractivity contribution in [1.82, 2.24) is 24.6 Å². The van der Waals surface area contributed by atoms with Gasteiger partial charge in [-0.1, -0.05) is 12.1 Å². The third-order valence-electron chi connectivity index (χ3n) is 4.94. The zero-order valence-corrected chi connectivity index (χ0v) is 15.6. The molecule has 0 saturated heterocycles. The zero-order valence-electron chi connectivity index (χ0n) is 15.6. The van der Waals surface area contributed by atoms with Crippen molar-refractivity contribution in [2.75, 3.05) is 6.54 Å². The molecule has 4 rings (SSSR count). The van der Waals surface area contributed by atoms with Crippen LogP contribution in [-0.4, -0.2) is 37.1 Å². The highest BCUT2D eigenvalue weighted by molar-refractivity contribution is 5.93. The van der Waals surface area contributed by atoms with E-state index in [0.29, 0.717) is 11.6 Å². The van der Waals surface area contributed by atoms with Gasteiger partial charge >= 0.3 is 0 Å². The molecule has 2 aromatic heterocycles. The van der Waals surface area contributed by atoms with E-state index in [9.17, 15) is 4.79 Å². The third-order valence-corrected chi connectivity index (χ3v) is 4.94. The minimum atomic E-state index is -0.420. The summed E-state index contributed by atoms with van der Waals surface area (Å²) in [7, 11) is 0. The Morgan fingerprint density at radius 2 is 2.07 bits per heavy atom. The second-order valence-electron chi connectivity index (χ2n) is 7.34. The highest BCUT2D eigenvalue weighted by atomic mass is 16.1. The summed E-state index contributed by atoms with van der Waals surface area (Å²) in [6.07, 6.45) is 5.00. The summed E-state index contributed by atoms with van der Waals surface area (Å²) in [6, 6.07) is 7.60.